The van der Waals surface area contributed by atoms with E-state index in [4.69, 9.17) is 0 Å². The third kappa shape index (κ3) is 4.24. The summed E-state index contributed by atoms with van der Waals surface area (Å²) in [7, 11) is 0. The quantitative estimate of drug-likeness (QED) is 0.619. The van der Waals surface area contributed by atoms with Crippen LogP contribution in [0, 0.1) is 5.82 Å². The molecule has 152 valence electrons. The van der Waals surface area contributed by atoms with E-state index in [1.807, 2.05) is 0 Å². The highest BCUT2D eigenvalue weighted by Crippen LogP contribution is 2.29. The number of H-pyrrole nitrogens is 1. The van der Waals surface area contributed by atoms with Gasteiger partial charge in [0, 0.05) is 18.2 Å². The molecule has 0 saturated heterocycles. The Kier molecular flexibility index (Phi) is 5.49. The number of hydrogen-bond acceptors (Lipinski definition) is 3. The lowest BCUT2D eigenvalue weighted by Crippen LogP contribution is -2.27. The molecule has 1 aromatic heterocycles. The van der Waals surface area contributed by atoms with Gasteiger partial charge in [0.2, 0.25) is 0 Å². The molecule has 4 rings (SSSR count). The van der Waals surface area contributed by atoms with Crippen molar-refractivity contribution in [2.75, 3.05) is 6.54 Å². The Morgan fingerprint density at radius 3 is 2.59 bits per heavy atom. The molecule has 1 fully saturated rings. The molecule has 0 radical (unpaired) electrons. The molecular weight excluding hydrogens is 373 g/mol. The fourth-order valence-corrected chi connectivity index (χ4v) is 4.02. The molecule has 3 N–H and O–H groups in total. The van der Waals surface area contributed by atoms with Gasteiger partial charge < -0.3 is 15.4 Å². The van der Waals surface area contributed by atoms with Gasteiger partial charge in [-0.3, -0.25) is 9.36 Å². The van der Waals surface area contributed by atoms with Crippen LogP contribution in [-0.4, -0.2) is 33.2 Å². The smallest absolute Gasteiger partial charge is 0.326 e. The number of nitrogens with one attached hydrogen (secondary N) is 2. The average molecular weight is 397 g/mol. The van der Waals surface area contributed by atoms with Gasteiger partial charge in [-0.2, -0.15) is 0 Å². The van der Waals surface area contributed by atoms with Crippen LogP contribution in [0.25, 0.3) is 11.0 Å². The third-order valence-electron chi connectivity index (χ3n) is 5.62. The summed E-state index contributed by atoms with van der Waals surface area (Å²) in [6.45, 7) is 0.435. The molecule has 0 bridgehead atoms. The van der Waals surface area contributed by atoms with Crippen molar-refractivity contribution in [2.24, 2.45) is 0 Å². The van der Waals surface area contributed by atoms with Gasteiger partial charge in [-0.1, -0.05) is 12.1 Å². The molecule has 6 nitrogen and oxygen atoms in total. The second-order valence-corrected chi connectivity index (χ2v) is 7.63. The molecule has 3 aromatic rings. The van der Waals surface area contributed by atoms with Gasteiger partial charge in [0.1, 0.15) is 5.82 Å². The predicted molar refractivity (Wildman–Crippen MR) is 109 cm³/mol. The molecule has 1 aliphatic carbocycles. The van der Waals surface area contributed by atoms with E-state index in [9.17, 15) is 19.1 Å². The SMILES string of the molecule is O=C(NCCc1ccc(F)cc1)c1ccc2c(c1)[nH]c(=O)n2C1CCC(O)CC1. The molecule has 1 amide bonds. The Hall–Kier alpha value is -2.93. The minimum atomic E-state index is -0.281. The molecule has 0 aliphatic heterocycles. The lowest BCUT2D eigenvalue weighted by atomic mass is 9.93. The summed E-state index contributed by atoms with van der Waals surface area (Å²) in [5, 5.41) is 12.6. The Morgan fingerprint density at radius 2 is 1.86 bits per heavy atom. The summed E-state index contributed by atoms with van der Waals surface area (Å²) in [5.74, 6) is -0.500. The highest BCUT2D eigenvalue weighted by Gasteiger charge is 2.24. The van der Waals surface area contributed by atoms with E-state index < -0.39 is 0 Å². The zero-order chi connectivity index (χ0) is 20.4. The van der Waals surface area contributed by atoms with E-state index in [1.54, 1.807) is 34.9 Å². The number of aliphatic hydroxyl groups excluding tert-OH is 1. The number of imidazole rings is 1. The number of halogens is 1. The molecule has 7 heteroatoms. The van der Waals surface area contributed by atoms with Crippen LogP contribution in [0.1, 0.15) is 47.6 Å². The first-order valence-corrected chi connectivity index (χ1v) is 9.96. The number of benzene rings is 2. The zero-order valence-electron chi connectivity index (χ0n) is 16.0. The standard InChI is InChI=1S/C22H24FN3O3/c23-16-4-1-14(2-5-16)11-12-24-21(28)15-3-10-20-19(13-15)25-22(29)26(20)17-6-8-18(27)9-7-17/h1-5,10,13,17-18,27H,6-9,11-12H2,(H,24,28)(H,25,29). The fraction of sp³-hybridized carbons (Fsp3) is 0.364. The van der Waals surface area contributed by atoms with Crippen LogP contribution in [0.5, 0.6) is 0 Å². The Balaban J connectivity index is 1.45. The van der Waals surface area contributed by atoms with Gasteiger partial charge >= 0.3 is 5.69 Å². The number of aromatic amines is 1. The summed E-state index contributed by atoms with van der Waals surface area (Å²) in [5.41, 5.74) is 2.65. The summed E-state index contributed by atoms with van der Waals surface area (Å²) in [4.78, 5) is 27.8. The maximum absolute atomic E-state index is 12.9. The molecule has 2 aromatic carbocycles. The van der Waals surface area contributed by atoms with Crippen LogP contribution in [0.4, 0.5) is 4.39 Å². The molecule has 1 aliphatic rings. The van der Waals surface area contributed by atoms with Crippen LogP contribution >= 0.6 is 0 Å². The van der Waals surface area contributed by atoms with Gasteiger partial charge in [-0.15, -0.1) is 0 Å². The van der Waals surface area contributed by atoms with Crippen molar-refractivity contribution in [3.63, 3.8) is 0 Å². The average Bonchev–Trinajstić information content (AvgIpc) is 3.05. The van der Waals surface area contributed by atoms with Crippen LogP contribution in [0.2, 0.25) is 0 Å². The number of nitrogens with zero attached hydrogens (tertiary/aromatic N) is 1. The highest BCUT2D eigenvalue weighted by atomic mass is 19.1. The Bertz CT molecular complexity index is 1060. The number of fused-ring (bicyclic) bond motifs is 1. The Labute approximate surface area is 167 Å². The number of hydrogen-bond donors (Lipinski definition) is 3. The van der Waals surface area contributed by atoms with Crippen molar-refractivity contribution in [2.45, 2.75) is 44.2 Å². The maximum atomic E-state index is 12.9. The van der Waals surface area contributed by atoms with Gasteiger partial charge in [0.05, 0.1) is 17.1 Å². The van der Waals surface area contributed by atoms with Crippen molar-refractivity contribution >= 4 is 16.9 Å². The summed E-state index contributed by atoms with van der Waals surface area (Å²) in [6.07, 6.45) is 3.24. The molecule has 1 heterocycles. The van der Waals surface area contributed by atoms with E-state index >= 15 is 0 Å². The van der Waals surface area contributed by atoms with Crippen LogP contribution in [-0.2, 0) is 6.42 Å². The molecule has 1 saturated carbocycles. The van der Waals surface area contributed by atoms with Gasteiger partial charge in [0.25, 0.3) is 5.91 Å². The summed E-state index contributed by atoms with van der Waals surface area (Å²) >= 11 is 0. The monoisotopic (exact) mass is 397 g/mol. The minimum absolute atomic E-state index is 0.0648. The first kappa shape index (κ1) is 19.4. The normalized spacial score (nSPS) is 19.4. The van der Waals surface area contributed by atoms with E-state index in [2.05, 4.69) is 10.3 Å². The van der Waals surface area contributed by atoms with Gasteiger partial charge in [-0.25, -0.2) is 9.18 Å². The first-order chi connectivity index (χ1) is 14.0. The van der Waals surface area contributed by atoms with E-state index in [0.717, 1.165) is 23.9 Å². The van der Waals surface area contributed by atoms with Gasteiger partial charge in [0.15, 0.2) is 0 Å². The number of aliphatic hydroxyl groups is 1. The van der Waals surface area contributed by atoms with Crippen LogP contribution in [0.15, 0.2) is 47.3 Å². The second kappa shape index (κ2) is 8.21. The van der Waals surface area contributed by atoms with Gasteiger partial charge in [-0.05, 0) is 68.0 Å². The number of aromatic nitrogens is 2. The van der Waals surface area contributed by atoms with Crippen molar-refractivity contribution in [1.82, 2.24) is 14.9 Å². The van der Waals surface area contributed by atoms with Crippen molar-refractivity contribution in [3.05, 3.63) is 69.9 Å². The van der Waals surface area contributed by atoms with Crippen LogP contribution in [0.3, 0.4) is 0 Å². The van der Waals surface area contributed by atoms with E-state index in [-0.39, 0.29) is 29.6 Å². The molecule has 0 spiro atoms. The highest BCUT2D eigenvalue weighted by molar-refractivity contribution is 5.97. The van der Waals surface area contributed by atoms with Crippen LogP contribution < -0.4 is 11.0 Å². The zero-order valence-corrected chi connectivity index (χ0v) is 16.0. The largest absolute Gasteiger partial charge is 0.393 e. The van der Waals surface area contributed by atoms with Crippen molar-refractivity contribution in [1.29, 1.82) is 0 Å². The first-order valence-electron chi connectivity index (χ1n) is 9.96. The number of carbonyl (C=O) groups excluding carboxylic acids is 1. The lowest BCUT2D eigenvalue weighted by molar-refractivity contribution is 0.0954. The van der Waals surface area contributed by atoms with E-state index in [0.29, 0.717) is 36.9 Å². The number of carbonyl (C=O) groups is 1. The third-order valence-corrected chi connectivity index (χ3v) is 5.62. The lowest BCUT2D eigenvalue weighted by Gasteiger charge is -2.26. The predicted octanol–water partition coefficient (Wildman–Crippen LogP) is 2.92. The maximum Gasteiger partial charge on any atom is 0.326 e. The van der Waals surface area contributed by atoms with Crippen molar-refractivity contribution in [3.8, 4) is 0 Å². The van der Waals surface area contributed by atoms with E-state index in [1.165, 1.54) is 12.1 Å². The minimum Gasteiger partial charge on any atom is -0.393 e. The summed E-state index contributed by atoms with van der Waals surface area (Å²) < 4.78 is 14.7. The Morgan fingerprint density at radius 1 is 1.14 bits per heavy atom. The van der Waals surface area contributed by atoms with Crippen molar-refractivity contribution < 1.29 is 14.3 Å². The summed E-state index contributed by atoms with van der Waals surface area (Å²) in [6, 6.07) is 11.5. The number of rotatable bonds is 5. The topological polar surface area (TPSA) is 87.1 Å². The second-order valence-electron chi connectivity index (χ2n) is 7.63. The molecule has 29 heavy (non-hydrogen) atoms. The molecule has 0 unspecified atom stereocenters. The number of amides is 1. The molecular formula is C22H24FN3O3. The fourth-order valence-electron chi connectivity index (χ4n) is 4.02. The molecule has 0 atom stereocenters.